The van der Waals surface area contributed by atoms with E-state index in [2.05, 4.69) is 5.32 Å². The lowest BCUT2D eigenvalue weighted by atomic mass is 9.93. The molecule has 1 saturated heterocycles. The van der Waals surface area contributed by atoms with Gasteiger partial charge in [0.2, 0.25) is 17.7 Å². The molecule has 1 heterocycles. The number of nitrogens with one attached hydrogen (secondary N) is 1. The van der Waals surface area contributed by atoms with Crippen LogP contribution in [0.15, 0.2) is 0 Å². The van der Waals surface area contributed by atoms with E-state index in [4.69, 9.17) is 11.6 Å². The van der Waals surface area contributed by atoms with Gasteiger partial charge in [0.15, 0.2) is 0 Å². The van der Waals surface area contributed by atoms with E-state index in [1.165, 1.54) is 4.90 Å². The first-order valence-electron chi connectivity index (χ1n) is 5.00. The topological polar surface area (TPSA) is 66.5 Å². The molecule has 0 saturated carbocycles. The third-order valence-electron chi connectivity index (χ3n) is 2.60. The van der Waals surface area contributed by atoms with Crippen molar-refractivity contribution in [2.75, 3.05) is 12.4 Å². The third-order valence-corrected chi connectivity index (χ3v) is 3.27. The number of carbonyl (C=O) groups excluding carboxylic acids is 3. The zero-order valence-corrected chi connectivity index (χ0v) is 10.3. The Morgan fingerprint density at radius 3 is 2.62 bits per heavy atom. The Labute approximate surface area is 99.1 Å². The van der Waals surface area contributed by atoms with Crippen LogP contribution in [0.1, 0.15) is 20.8 Å². The number of rotatable bonds is 2. The molecule has 6 heteroatoms. The van der Waals surface area contributed by atoms with Gasteiger partial charge in [-0.2, -0.15) is 0 Å². The van der Waals surface area contributed by atoms with Gasteiger partial charge in [0.25, 0.3) is 0 Å². The summed E-state index contributed by atoms with van der Waals surface area (Å²) in [4.78, 5) is 35.9. The molecule has 0 aromatic carbocycles. The van der Waals surface area contributed by atoms with Gasteiger partial charge in [0.1, 0.15) is 12.6 Å². The fourth-order valence-corrected chi connectivity index (χ4v) is 1.52. The summed E-state index contributed by atoms with van der Waals surface area (Å²) in [6, 6.07) is -0.632. The van der Waals surface area contributed by atoms with Gasteiger partial charge in [-0.05, 0) is 20.8 Å². The molecule has 1 unspecified atom stereocenters. The van der Waals surface area contributed by atoms with Crippen molar-refractivity contribution in [2.24, 2.45) is 5.41 Å². The van der Waals surface area contributed by atoms with E-state index in [1.807, 2.05) is 0 Å². The Kier molecular flexibility index (Phi) is 3.57. The molecule has 1 aliphatic rings. The summed E-state index contributed by atoms with van der Waals surface area (Å²) in [6.45, 7) is 4.87. The normalized spacial score (nSPS) is 22.0. The highest BCUT2D eigenvalue weighted by atomic mass is 35.5. The maximum absolute atomic E-state index is 12.1. The number of piperazine rings is 1. The van der Waals surface area contributed by atoms with Gasteiger partial charge in [0.05, 0.1) is 5.41 Å². The highest BCUT2D eigenvalue weighted by Crippen LogP contribution is 2.22. The molecule has 1 rings (SSSR count). The lowest BCUT2D eigenvalue weighted by molar-refractivity contribution is -0.153. The van der Waals surface area contributed by atoms with Crippen LogP contribution < -0.4 is 5.32 Å². The molecule has 1 atom stereocenters. The molecule has 1 aliphatic heterocycles. The van der Waals surface area contributed by atoms with Crippen molar-refractivity contribution in [3.8, 4) is 0 Å². The molecule has 16 heavy (non-hydrogen) atoms. The van der Waals surface area contributed by atoms with Gasteiger partial charge in [-0.15, -0.1) is 11.6 Å². The van der Waals surface area contributed by atoms with E-state index >= 15 is 0 Å². The summed E-state index contributed by atoms with van der Waals surface area (Å²) < 4.78 is 0. The highest BCUT2D eigenvalue weighted by Gasteiger charge is 2.39. The van der Waals surface area contributed by atoms with Crippen LogP contribution in [0.3, 0.4) is 0 Å². The standard InChI is InChI=1S/C10H15ClN2O3/c1-6-8(15)12-7(14)4-13(6)9(16)10(2,3)5-11/h6H,4-5H2,1-3H3,(H,12,14,15). The molecule has 5 nitrogen and oxygen atoms in total. The fourth-order valence-electron chi connectivity index (χ4n) is 1.41. The first kappa shape index (κ1) is 13.0. The van der Waals surface area contributed by atoms with E-state index in [0.29, 0.717) is 0 Å². The van der Waals surface area contributed by atoms with Gasteiger partial charge in [-0.25, -0.2) is 0 Å². The van der Waals surface area contributed by atoms with E-state index in [1.54, 1.807) is 20.8 Å². The zero-order valence-electron chi connectivity index (χ0n) is 9.54. The summed E-state index contributed by atoms with van der Waals surface area (Å²) >= 11 is 5.69. The molecule has 0 aromatic rings. The van der Waals surface area contributed by atoms with Gasteiger partial charge in [-0.1, -0.05) is 0 Å². The molecular weight excluding hydrogens is 232 g/mol. The number of imide groups is 1. The van der Waals surface area contributed by atoms with E-state index < -0.39 is 23.3 Å². The van der Waals surface area contributed by atoms with Gasteiger partial charge in [0, 0.05) is 5.88 Å². The second-order valence-corrected chi connectivity index (χ2v) is 4.81. The quantitative estimate of drug-likeness (QED) is 0.556. The number of halogens is 1. The molecular formula is C10H15ClN2O3. The summed E-state index contributed by atoms with van der Waals surface area (Å²) in [7, 11) is 0. The fraction of sp³-hybridized carbons (Fsp3) is 0.700. The lowest BCUT2D eigenvalue weighted by Crippen LogP contribution is -2.60. The maximum atomic E-state index is 12.1. The van der Waals surface area contributed by atoms with Crippen LogP contribution in [0.2, 0.25) is 0 Å². The third kappa shape index (κ3) is 2.35. The average Bonchev–Trinajstić information content (AvgIpc) is 2.22. The van der Waals surface area contributed by atoms with Crippen LogP contribution in [0.25, 0.3) is 0 Å². The zero-order chi connectivity index (χ0) is 12.5. The maximum Gasteiger partial charge on any atom is 0.249 e. The van der Waals surface area contributed by atoms with Crippen molar-refractivity contribution in [2.45, 2.75) is 26.8 Å². The molecule has 0 aromatic heterocycles. The van der Waals surface area contributed by atoms with Gasteiger partial charge >= 0.3 is 0 Å². The minimum Gasteiger partial charge on any atom is -0.321 e. The molecule has 90 valence electrons. The van der Waals surface area contributed by atoms with Crippen molar-refractivity contribution in [3.05, 3.63) is 0 Å². The molecule has 0 spiro atoms. The first-order valence-corrected chi connectivity index (χ1v) is 5.54. The van der Waals surface area contributed by atoms with Crippen LogP contribution in [0, 0.1) is 5.41 Å². The number of carbonyl (C=O) groups is 3. The van der Waals surface area contributed by atoms with Crippen LogP contribution in [0.4, 0.5) is 0 Å². The van der Waals surface area contributed by atoms with E-state index in [-0.39, 0.29) is 18.3 Å². The van der Waals surface area contributed by atoms with Crippen LogP contribution in [-0.4, -0.2) is 41.1 Å². The Morgan fingerprint density at radius 1 is 1.56 bits per heavy atom. The smallest absolute Gasteiger partial charge is 0.249 e. The minimum absolute atomic E-state index is 0.0912. The molecule has 1 N–H and O–H groups in total. The first-order chi connectivity index (χ1) is 7.29. The molecule has 3 amide bonds. The van der Waals surface area contributed by atoms with Crippen molar-refractivity contribution in [1.29, 1.82) is 0 Å². The number of hydrogen-bond donors (Lipinski definition) is 1. The summed E-state index contributed by atoms with van der Waals surface area (Å²) in [6.07, 6.45) is 0. The average molecular weight is 247 g/mol. The van der Waals surface area contributed by atoms with Gasteiger partial charge in [-0.3, -0.25) is 19.7 Å². The Balaban J connectivity index is 2.90. The second-order valence-electron chi connectivity index (χ2n) is 4.54. The largest absolute Gasteiger partial charge is 0.321 e. The molecule has 0 bridgehead atoms. The Morgan fingerprint density at radius 2 is 2.12 bits per heavy atom. The van der Waals surface area contributed by atoms with Crippen LogP contribution >= 0.6 is 11.6 Å². The number of alkyl halides is 1. The highest BCUT2D eigenvalue weighted by molar-refractivity contribution is 6.20. The van der Waals surface area contributed by atoms with Gasteiger partial charge < -0.3 is 4.90 Å². The molecule has 0 aliphatic carbocycles. The summed E-state index contributed by atoms with van der Waals surface area (Å²) in [5.41, 5.74) is -0.770. The summed E-state index contributed by atoms with van der Waals surface area (Å²) in [5, 5.41) is 2.18. The SMILES string of the molecule is CC1C(=O)NC(=O)CN1C(=O)C(C)(C)CCl. The monoisotopic (exact) mass is 246 g/mol. The van der Waals surface area contributed by atoms with Crippen molar-refractivity contribution >= 4 is 29.3 Å². The molecule has 0 radical (unpaired) electrons. The van der Waals surface area contributed by atoms with E-state index in [0.717, 1.165) is 0 Å². The lowest BCUT2D eigenvalue weighted by Gasteiger charge is -2.36. The Bertz CT molecular complexity index is 341. The summed E-state index contributed by atoms with van der Waals surface area (Å²) in [5.74, 6) is -1.04. The van der Waals surface area contributed by atoms with Crippen molar-refractivity contribution in [3.63, 3.8) is 0 Å². The van der Waals surface area contributed by atoms with Crippen molar-refractivity contribution < 1.29 is 14.4 Å². The molecule has 1 fully saturated rings. The predicted octanol–water partition coefficient (Wildman–Crippen LogP) is 0.125. The minimum atomic E-state index is -0.770. The predicted molar refractivity (Wildman–Crippen MR) is 58.8 cm³/mol. The van der Waals surface area contributed by atoms with E-state index in [9.17, 15) is 14.4 Å². The number of nitrogens with zero attached hydrogens (tertiary/aromatic N) is 1. The number of amides is 3. The van der Waals surface area contributed by atoms with Crippen LogP contribution in [0.5, 0.6) is 0 Å². The second kappa shape index (κ2) is 4.41. The van der Waals surface area contributed by atoms with Crippen molar-refractivity contribution in [1.82, 2.24) is 10.2 Å². The Hall–Kier alpha value is -1.10. The number of hydrogen-bond acceptors (Lipinski definition) is 3. The van der Waals surface area contributed by atoms with Crippen LogP contribution in [-0.2, 0) is 14.4 Å².